The molecule has 0 unspecified atom stereocenters. The molecule has 0 aliphatic rings. The Labute approximate surface area is 136 Å². The highest BCUT2D eigenvalue weighted by molar-refractivity contribution is 7.99. The fourth-order valence-electron chi connectivity index (χ4n) is 1.87. The van der Waals surface area contributed by atoms with Crippen LogP contribution in [0.3, 0.4) is 0 Å². The predicted octanol–water partition coefficient (Wildman–Crippen LogP) is 4.25. The molecule has 0 atom stereocenters. The number of amides is 1. The van der Waals surface area contributed by atoms with Crippen molar-refractivity contribution in [2.24, 2.45) is 0 Å². The molecule has 0 fully saturated rings. The number of hydrogen-bond acceptors (Lipinski definition) is 5. The van der Waals surface area contributed by atoms with Gasteiger partial charge in [-0.25, -0.2) is 9.97 Å². The molecule has 0 saturated carbocycles. The third-order valence-corrected chi connectivity index (χ3v) is 4.55. The van der Waals surface area contributed by atoms with Gasteiger partial charge in [-0.3, -0.25) is 4.79 Å². The van der Waals surface area contributed by atoms with Crippen LogP contribution in [0.5, 0.6) is 0 Å². The molecular weight excluding hydrogens is 314 g/mol. The first-order valence-electron chi connectivity index (χ1n) is 6.61. The van der Waals surface area contributed by atoms with Crippen LogP contribution in [0.4, 0.5) is 5.69 Å². The minimum atomic E-state index is -0.0869. The molecule has 4 nitrogen and oxygen atoms in total. The Morgan fingerprint density at radius 2 is 2.05 bits per heavy atom. The number of carbonyl (C=O) groups is 1. The van der Waals surface area contributed by atoms with Gasteiger partial charge in [-0.05, 0) is 60.0 Å². The summed E-state index contributed by atoms with van der Waals surface area (Å²) in [5.41, 5.74) is 2.50. The highest BCUT2D eigenvalue weighted by Crippen LogP contribution is 2.28. The molecule has 2 aromatic heterocycles. The molecule has 0 bridgehead atoms. The molecule has 1 N–H and O–H groups in total. The van der Waals surface area contributed by atoms with Gasteiger partial charge < -0.3 is 5.32 Å². The smallest absolute Gasteiger partial charge is 0.256 e. The Balaban J connectivity index is 1.73. The largest absolute Gasteiger partial charge is 0.322 e. The summed E-state index contributed by atoms with van der Waals surface area (Å²) in [5.74, 6) is -0.0869. The van der Waals surface area contributed by atoms with E-state index in [0.717, 1.165) is 16.1 Å². The Morgan fingerprint density at radius 3 is 2.73 bits per heavy atom. The maximum atomic E-state index is 12.1. The molecule has 0 spiro atoms. The van der Waals surface area contributed by atoms with E-state index in [4.69, 9.17) is 0 Å². The lowest BCUT2D eigenvalue weighted by molar-refractivity contribution is 0.102. The van der Waals surface area contributed by atoms with Gasteiger partial charge >= 0.3 is 0 Å². The number of nitrogens with one attached hydrogen (secondary N) is 1. The van der Waals surface area contributed by atoms with Gasteiger partial charge in [0, 0.05) is 28.4 Å². The van der Waals surface area contributed by atoms with Crippen LogP contribution in [-0.4, -0.2) is 15.9 Å². The minimum Gasteiger partial charge on any atom is -0.322 e. The molecule has 6 heteroatoms. The molecule has 2 heterocycles. The van der Waals surface area contributed by atoms with Gasteiger partial charge in [-0.1, -0.05) is 0 Å². The summed E-state index contributed by atoms with van der Waals surface area (Å²) < 4.78 is 0. The van der Waals surface area contributed by atoms with Crippen LogP contribution >= 0.6 is 23.1 Å². The van der Waals surface area contributed by atoms with Gasteiger partial charge in [0.15, 0.2) is 5.16 Å². The summed E-state index contributed by atoms with van der Waals surface area (Å²) >= 11 is 3.00. The maximum absolute atomic E-state index is 12.1. The molecule has 1 aromatic carbocycles. The second kappa shape index (κ2) is 6.72. The van der Waals surface area contributed by atoms with Crippen molar-refractivity contribution in [3.05, 3.63) is 64.6 Å². The minimum absolute atomic E-state index is 0.0869. The van der Waals surface area contributed by atoms with Crippen molar-refractivity contribution in [3.8, 4) is 0 Å². The number of hydrogen-bond donors (Lipinski definition) is 1. The van der Waals surface area contributed by atoms with Crippen LogP contribution < -0.4 is 5.32 Å². The zero-order valence-corrected chi connectivity index (χ0v) is 13.4. The van der Waals surface area contributed by atoms with E-state index in [-0.39, 0.29) is 5.91 Å². The Kier molecular flexibility index (Phi) is 4.50. The van der Waals surface area contributed by atoms with Gasteiger partial charge in [0.2, 0.25) is 0 Å². The highest BCUT2D eigenvalue weighted by atomic mass is 32.2. The van der Waals surface area contributed by atoms with Crippen molar-refractivity contribution < 1.29 is 4.79 Å². The van der Waals surface area contributed by atoms with Crippen molar-refractivity contribution in [2.75, 3.05) is 5.32 Å². The van der Waals surface area contributed by atoms with Crippen LogP contribution in [0.15, 0.2) is 63.5 Å². The molecule has 0 aliphatic carbocycles. The standard InChI is InChI=1S/C16H13N3OS2/c1-11-9-13(22-16-17-6-2-7-18-16)3-4-14(11)19-15(20)12-5-8-21-10-12/h2-10H,1H3,(H,19,20). The number of nitrogens with zero attached hydrogens (tertiary/aromatic N) is 2. The molecule has 0 saturated heterocycles. The third kappa shape index (κ3) is 3.52. The Bertz CT molecular complexity index is 773. The summed E-state index contributed by atoms with van der Waals surface area (Å²) in [6.07, 6.45) is 3.44. The molecule has 22 heavy (non-hydrogen) atoms. The van der Waals surface area contributed by atoms with Gasteiger partial charge in [0.1, 0.15) is 0 Å². The number of benzene rings is 1. The van der Waals surface area contributed by atoms with Gasteiger partial charge in [-0.2, -0.15) is 11.3 Å². The summed E-state index contributed by atoms with van der Waals surface area (Å²) in [6.45, 7) is 1.97. The summed E-state index contributed by atoms with van der Waals surface area (Å²) in [5, 5.41) is 7.36. The van der Waals surface area contributed by atoms with Crippen LogP contribution in [0.25, 0.3) is 0 Å². The first-order chi connectivity index (χ1) is 10.7. The fourth-order valence-corrected chi connectivity index (χ4v) is 3.32. The number of thiophene rings is 1. The molecule has 110 valence electrons. The van der Waals surface area contributed by atoms with Crippen LogP contribution in [-0.2, 0) is 0 Å². The molecule has 3 aromatic rings. The van der Waals surface area contributed by atoms with Crippen molar-refractivity contribution in [1.82, 2.24) is 9.97 Å². The van der Waals surface area contributed by atoms with Crippen molar-refractivity contribution >= 4 is 34.7 Å². The average Bonchev–Trinajstić information content (AvgIpc) is 3.05. The number of rotatable bonds is 4. The van der Waals surface area contributed by atoms with Gasteiger partial charge in [0.05, 0.1) is 5.56 Å². The van der Waals surface area contributed by atoms with Crippen molar-refractivity contribution in [3.63, 3.8) is 0 Å². The predicted molar refractivity (Wildman–Crippen MR) is 89.6 cm³/mol. The molecule has 0 radical (unpaired) electrons. The third-order valence-electron chi connectivity index (χ3n) is 2.98. The summed E-state index contributed by atoms with van der Waals surface area (Å²) in [6, 6.07) is 9.48. The Morgan fingerprint density at radius 1 is 1.23 bits per heavy atom. The van der Waals surface area contributed by atoms with E-state index < -0.39 is 0 Å². The highest BCUT2D eigenvalue weighted by Gasteiger charge is 2.09. The lowest BCUT2D eigenvalue weighted by Gasteiger charge is -2.09. The molecule has 1 amide bonds. The van der Waals surface area contributed by atoms with Gasteiger partial charge in [-0.15, -0.1) is 0 Å². The number of carbonyl (C=O) groups excluding carboxylic acids is 1. The fraction of sp³-hybridized carbons (Fsp3) is 0.0625. The zero-order valence-electron chi connectivity index (χ0n) is 11.8. The molecule has 3 rings (SSSR count). The van der Waals surface area contributed by atoms with Crippen LogP contribution in [0, 0.1) is 6.92 Å². The number of anilines is 1. The summed E-state index contributed by atoms with van der Waals surface area (Å²) in [7, 11) is 0. The second-order valence-corrected chi connectivity index (χ2v) is 6.40. The SMILES string of the molecule is Cc1cc(Sc2ncccn2)ccc1NC(=O)c1ccsc1. The average molecular weight is 327 g/mol. The number of aryl methyl sites for hydroxylation is 1. The van der Waals surface area contributed by atoms with E-state index in [1.807, 2.05) is 41.9 Å². The lowest BCUT2D eigenvalue weighted by Crippen LogP contribution is -2.11. The van der Waals surface area contributed by atoms with E-state index in [1.165, 1.54) is 23.1 Å². The van der Waals surface area contributed by atoms with Crippen molar-refractivity contribution in [1.29, 1.82) is 0 Å². The van der Waals surface area contributed by atoms with E-state index in [9.17, 15) is 4.79 Å². The monoisotopic (exact) mass is 327 g/mol. The number of aromatic nitrogens is 2. The normalized spacial score (nSPS) is 10.4. The first kappa shape index (κ1) is 14.7. The van der Waals surface area contributed by atoms with E-state index >= 15 is 0 Å². The van der Waals surface area contributed by atoms with E-state index in [0.29, 0.717) is 10.7 Å². The molecule has 0 aliphatic heterocycles. The second-order valence-electron chi connectivity index (χ2n) is 4.58. The van der Waals surface area contributed by atoms with Crippen molar-refractivity contribution in [2.45, 2.75) is 17.0 Å². The maximum Gasteiger partial charge on any atom is 0.256 e. The Hall–Kier alpha value is -2.18. The zero-order chi connectivity index (χ0) is 15.4. The lowest BCUT2D eigenvalue weighted by atomic mass is 10.2. The molecular formula is C16H13N3OS2. The van der Waals surface area contributed by atoms with E-state index in [1.54, 1.807) is 18.5 Å². The van der Waals surface area contributed by atoms with Gasteiger partial charge in [0.25, 0.3) is 5.91 Å². The topological polar surface area (TPSA) is 54.9 Å². The van der Waals surface area contributed by atoms with Crippen LogP contribution in [0.2, 0.25) is 0 Å². The first-order valence-corrected chi connectivity index (χ1v) is 8.37. The van der Waals surface area contributed by atoms with E-state index in [2.05, 4.69) is 15.3 Å². The van der Waals surface area contributed by atoms with Crippen LogP contribution in [0.1, 0.15) is 15.9 Å². The summed E-state index contributed by atoms with van der Waals surface area (Å²) in [4.78, 5) is 21.5. The quantitative estimate of drug-likeness (QED) is 0.728.